The van der Waals surface area contributed by atoms with E-state index in [1.54, 1.807) is 0 Å². The summed E-state index contributed by atoms with van der Waals surface area (Å²) in [5, 5.41) is 0. The predicted octanol–water partition coefficient (Wildman–Crippen LogP) is 2.23. The van der Waals surface area contributed by atoms with Crippen LogP contribution in [-0.4, -0.2) is 36.6 Å². The molecule has 2 aliphatic heterocycles. The topological polar surface area (TPSA) is 75.3 Å². The third kappa shape index (κ3) is 3.23. The molecular formula is C18H28B2N2O4S. The second-order valence-electron chi connectivity index (χ2n) is 9.27. The van der Waals surface area contributed by atoms with Crippen molar-refractivity contribution in [1.82, 2.24) is 0 Å². The molecule has 0 bridgehead atoms. The summed E-state index contributed by atoms with van der Waals surface area (Å²) < 4.78 is 28.5. The lowest BCUT2D eigenvalue weighted by Crippen LogP contribution is -2.41. The van der Waals surface area contributed by atoms with Crippen molar-refractivity contribution in [1.29, 1.82) is 0 Å². The Hall–Kier alpha value is -0.990. The van der Waals surface area contributed by atoms with Crippen LogP contribution < -0.4 is 16.7 Å². The van der Waals surface area contributed by atoms with E-state index in [-0.39, 0.29) is 0 Å². The third-order valence-corrected chi connectivity index (χ3v) is 6.57. The average molecular weight is 390 g/mol. The molecule has 146 valence electrons. The van der Waals surface area contributed by atoms with E-state index in [0.717, 1.165) is 0 Å². The molecule has 0 amide bonds. The fraction of sp³-hybridized carbons (Fsp3) is 0.667. The molecule has 2 N–H and O–H groups in total. The van der Waals surface area contributed by atoms with Crippen LogP contribution in [0.25, 0.3) is 0 Å². The molecule has 1 aromatic rings. The second kappa shape index (κ2) is 6.26. The monoisotopic (exact) mass is 390 g/mol. The average Bonchev–Trinajstić information content (AvgIpc) is 2.86. The summed E-state index contributed by atoms with van der Waals surface area (Å²) in [5.41, 5.74) is 6.89. The molecule has 3 rings (SSSR count). The van der Waals surface area contributed by atoms with Crippen molar-refractivity contribution in [2.75, 3.05) is 5.73 Å². The largest absolute Gasteiger partial charge is 0.497 e. The van der Waals surface area contributed by atoms with Crippen molar-refractivity contribution in [2.45, 2.75) is 77.8 Å². The highest BCUT2D eigenvalue weighted by molar-refractivity contribution is 7.47. The van der Waals surface area contributed by atoms with E-state index in [4.69, 9.17) is 36.8 Å². The Balaban J connectivity index is 1.98. The number of hydrogen-bond acceptors (Lipinski definition) is 7. The van der Waals surface area contributed by atoms with E-state index in [1.807, 2.05) is 67.5 Å². The Labute approximate surface area is 167 Å². The van der Waals surface area contributed by atoms with E-state index >= 15 is 0 Å². The summed E-state index contributed by atoms with van der Waals surface area (Å²) in [7, 11) is -1.18. The van der Waals surface area contributed by atoms with Gasteiger partial charge in [-0.3, -0.25) is 0 Å². The number of anilines is 1. The fourth-order valence-corrected chi connectivity index (χ4v) is 3.28. The van der Waals surface area contributed by atoms with Crippen LogP contribution in [0.3, 0.4) is 0 Å². The van der Waals surface area contributed by atoms with Crippen molar-refractivity contribution in [2.24, 2.45) is 4.36 Å². The first kappa shape index (κ1) is 20.7. The zero-order valence-electron chi connectivity index (χ0n) is 17.4. The van der Waals surface area contributed by atoms with Crippen LogP contribution in [0.4, 0.5) is 11.4 Å². The van der Waals surface area contributed by atoms with Crippen molar-refractivity contribution in [3.8, 4) is 0 Å². The Bertz CT molecular complexity index is 751. The molecule has 2 aliphatic rings. The number of nitrogens with two attached hydrogens (primary N) is 1. The molecular weight excluding hydrogens is 362 g/mol. The van der Waals surface area contributed by atoms with Crippen molar-refractivity contribution >= 4 is 49.0 Å². The Morgan fingerprint density at radius 3 is 1.44 bits per heavy atom. The molecule has 0 radical (unpaired) electrons. The van der Waals surface area contributed by atoms with Gasteiger partial charge in [-0.2, -0.15) is 4.36 Å². The van der Waals surface area contributed by atoms with Crippen LogP contribution in [0.5, 0.6) is 0 Å². The minimum Gasteiger partial charge on any atom is -0.399 e. The number of nitrogens with zero attached hydrogens (tertiary/aromatic N) is 1. The van der Waals surface area contributed by atoms with Gasteiger partial charge in [-0.1, -0.05) is 12.1 Å². The third-order valence-electron chi connectivity index (χ3n) is 6.39. The molecule has 0 aromatic heterocycles. The Kier molecular flexibility index (Phi) is 4.80. The van der Waals surface area contributed by atoms with Gasteiger partial charge in [-0.25, -0.2) is 0 Å². The molecule has 2 fully saturated rings. The second-order valence-corrected chi connectivity index (χ2v) is 9.46. The van der Waals surface area contributed by atoms with E-state index in [0.29, 0.717) is 22.3 Å². The number of benzene rings is 1. The van der Waals surface area contributed by atoms with Gasteiger partial charge in [0.1, 0.15) is 0 Å². The molecule has 0 atom stereocenters. The molecule has 0 unspecified atom stereocenters. The van der Waals surface area contributed by atoms with Gasteiger partial charge in [0.25, 0.3) is 0 Å². The zero-order chi connectivity index (χ0) is 20.4. The molecule has 2 heterocycles. The molecule has 0 spiro atoms. The van der Waals surface area contributed by atoms with Crippen LogP contribution in [0.1, 0.15) is 55.4 Å². The van der Waals surface area contributed by atoms with Crippen molar-refractivity contribution in [3.63, 3.8) is 0 Å². The van der Waals surface area contributed by atoms with E-state index in [1.165, 1.54) is 0 Å². The summed E-state index contributed by atoms with van der Waals surface area (Å²) in [4.78, 5) is 0. The minimum atomic E-state index is -0.591. The molecule has 0 aliphatic carbocycles. The Morgan fingerprint density at radius 2 is 1.07 bits per heavy atom. The summed E-state index contributed by atoms with van der Waals surface area (Å²) in [6.45, 7) is 16.0. The van der Waals surface area contributed by atoms with Gasteiger partial charge in [0.05, 0.1) is 33.8 Å². The van der Waals surface area contributed by atoms with Crippen LogP contribution in [-0.2, 0) is 31.0 Å². The van der Waals surface area contributed by atoms with Gasteiger partial charge in [0, 0.05) is 23.4 Å². The van der Waals surface area contributed by atoms with E-state index in [9.17, 15) is 0 Å². The van der Waals surface area contributed by atoms with Gasteiger partial charge < -0.3 is 24.4 Å². The van der Waals surface area contributed by atoms with Gasteiger partial charge in [0.2, 0.25) is 0 Å². The lowest BCUT2D eigenvalue weighted by Gasteiger charge is -2.32. The molecule has 2 saturated heterocycles. The quantitative estimate of drug-likeness (QED) is 0.631. The molecule has 6 nitrogen and oxygen atoms in total. The van der Waals surface area contributed by atoms with Crippen LogP contribution in [0.15, 0.2) is 16.5 Å². The minimum absolute atomic E-state index is 0.427. The van der Waals surface area contributed by atoms with E-state index in [2.05, 4.69) is 4.36 Å². The lowest BCUT2D eigenvalue weighted by molar-refractivity contribution is 0.00578. The SMILES string of the molecule is CC1(C)OB(c2ccc(B3OC(C)(C)C(C)(C)O3)c(N=S)c2N)OC1(C)C. The van der Waals surface area contributed by atoms with Gasteiger partial charge >= 0.3 is 14.2 Å². The van der Waals surface area contributed by atoms with Crippen LogP contribution in [0, 0.1) is 0 Å². The molecule has 0 saturated carbocycles. The summed E-state index contributed by atoms with van der Waals surface area (Å²) in [6.07, 6.45) is 0. The fourth-order valence-electron chi connectivity index (χ4n) is 3.08. The first-order valence-electron chi connectivity index (χ1n) is 9.19. The summed E-state index contributed by atoms with van der Waals surface area (Å²) >= 11 is 5.02. The lowest BCUT2D eigenvalue weighted by atomic mass is 9.71. The maximum absolute atomic E-state index is 6.42. The molecule has 27 heavy (non-hydrogen) atoms. The maximum Gasteiger partial charge on any atom is 0.497 e. The first-order valence-corrected chi connectivity index (χ1v) is 9.56. The number of rotatable bonds is 3. The highest BCUT2D eigenvalue weighted by Gasteiger charge is 2.54. The molecule has 1 aromatic carbocycles. The first-order chi connectivity index (χ1) is 12.2. The number of hydrogen-bond donors (Lipinski definition) is 1. The highest BCUT2D eigenvalue weighted by atomic mass is 32.1. The van der Waals surface area contributed by atoms with Crippen LogP contribution in [0.2, 0.25) is 0 Å². The van der Waals surface area contributed by atoms with Gasteiger partial charge in [-0.05, 0) is 55.4 Å². The highest BCUT2D eigenvalue weighted by Crippen LogP contribution is 2.39. The number of nitrogen functional groups attached to an aromatic ring is 1. The summed E-state index contributed by atoms with van der Waals surface area (Å²) in [5.74, 6) is 0. The molecule has 9 heteroatoms. The van der Waals surface area contributed by atoms with Gasteiger partial charge in [-0.15, -0.1) is 0 Å². The van der Waals surface area contributed by atoms with Crippen LogP contribution >= 0.6 is 0 Å². The zero-order valence-corrected chi connectivity index (χ0v) is 18.2. The van der Waals surface area contributed by atoms with Crippen molar-refractivity contribution in [3.05, 3.63) is 12.1 Å². The Morgan fingerprint density at radius 1 is 0.741 bits per heavy atom. The smallest absolute Gasteiger partial charge is 0.399 e. The normalized spacial score (nSPS) is 25.0. The predicted molar refractivity (Wildman–Crippen MR) is 112 cm³/mol. The maximum atomic E-state index is 6.42. The summed E-state index contributed by atoms with van der Waals surface area (Å²) in [6, 6.07) is 3.76. The standard InChI is InChI=1S/C18H28B2N2O4S/c1-15(2)16(3,4)24-19(23-15)11-9-10-12(14(22-27)13(11)21)20-25-17(5,6)18(7,8)26-20/h9-10H,21H2,1-8H3. The van der Waals surface area contributed by atoms with Crippen molar-refractivity contribution < 1.29 is 18.6 Å². The van der Waals surface area contributed by atoms with Gasteiger partial charge in [0.15, 0.2) is 0 Å². The van der Waals surface area contributed by atoms with E-state index < -0.39 is 36.6 Å².